The molecular weight excluding hydrogens is 288 g/mol. The van der Waals surface area contributed by atoms with Crippen LogP contribution in [0.15, 0.2) is 9.98 Å². The van der Waals surface area contributed by atoms with Crippen molar-refractivity contribution in [2.75, 3.05) is 11.9 Å². The normalized spacial score (nSPS) is 30.3. The van der Waals surface area contributed by atoms with Gasteiger partial charge in [-0.3, -0.25) is 0 Å². The molecule has 2 rings (SSSR count). The number of halogens is 1. The van der Waals surface area contributed by atoms with Crippen LogP contribution in [-0.2, 0) is 0 Å². The van der Waals surface area contributed by atoms with Crippen molar-refractivity contribution in [2.24, 2.45) is 5.92 Å². The summed E-state index contributed by atoms with van der Waals surface area (Å²) >= 11 is 4.92. The summed E-state index contributed by atoms with van der Waals surface area (Å²) in [6.07, 6.45) is 4.42. The molecule has 0 unspecified atom stereocenters. The molecule has 0 bridgehead atoms. The number of rotatable bonds is 3. The van der Waals surface area contributed by atoms with E-state index in [1.54, 1.807) is 11.3 Å². The van der Waals surface area contributed by atoms with Crippen LogP contribution in [0.25, 0.3) is 0 Å². The first-order valence-corrected chi connectivity index (χ1v) is 7.31. The van der Waals surface area contributed by atoms with Crippen LogP contribution in [0.3, 0.4) is 0 Å². The van der Waals surface area contributed by atoms with Crippen molar-refractivity contribution in [1.29, 1.82) is 0 Å². The summed E-state index contributed by atoms with van der Waals surface area (Å²) in [4.78, 5) is 4.33. The smallest absolute Gasteiger partial charge is 0.184 e. The summed E-state index contributed by atoms with van der Waals surface area (Å²) in [7, 11) is 0. The van der Waals surface area contributed by atoms with Crippen molar-refractivity contribution in [1.82, 2.24) is 4.98 Å². The van der Waals surface area contributed by atoms with Crippen LogP contribution in [0.5, 0.6) is 0 Å². The molecule has 0 aliphatic heterocycles. The van der Waals surface area contributed by atoms with Gasteiger partial charge in [-0.15, -0.1) is 11.3 Å². The zero-order chi connectivity index (χ0) is 11.6. The number of aliphatic hydroxyl groups excluding tert-OH is 1. The Morgan fingerprint density at radius 2 is 2.31 bits per heavy atom. The monoisotopic (exact) mass is 304 g/mol. The van der Waals surface area contributed by atoms with E-state index in [1.165, 1.54) is 12.8 Å². The number of hydrogen-bond donors (Lipinski definition) is 2. The Morgan fingerprint density at radius 3 is 2.81 bits per heavy atom. The largest absolute Gasteiger partial charge is 0.394 e. The first kappa shape index (κ1) is 12.3. The van der Waals surface area contributed by atoms with Crippen molar-refractivity contribution in [2.45, 2.75) is 38.1 Å². The molecular formula is C11H17BrN2OS. The van der Waals surface area contributed by atoms with Crippen molar-refractivity contribution < 1.29 is 5.11 Å². The van der Waals surface area contributed by atoms with E-state index in [0.29, 0.717) is 0 Å². The van der Waals surface area contributed by atoms with E-state index < -0.39 is 0 Å². The SMILES string of the molecule is CC1CCC(CO)(Nc2nc(Br)cs2)CC1. The van der Waals surface area contributed by atoms with Crippen LogP contribution < -0.4 is 5.32 Å². The summed E-state index contributed by atoms with van der Waals surface area (Å²) in [6, 6.07) is 0. The zero-order valence-electron chi connectivity index (χ0n) is 9.37. The average Bonchev–Trinajstić information content (AvgIpc) is 2.68. The van der Waals surface area contributed by atoms with Gasteiger partial charge in [0, 0.05) is 5.38 Å². The molecule has 1 aliphatic carbocycles. The lowest BCUT2D eigenvalue weighted by molar-refractivity contribution is 0.155. The molecule has 0 spiro atoms. The minimum atomic E-state index is -0.149. The molecule has 1 fully saturated rings. The molecule has 3 nitrogen and oxygen atoms in total. The van der Waals surface area contributed by atoms with Gasteiger partial charge in [0.25, 0.3) is 0 Å². The number of nitrogens with one attached hydrogen (secondary N) is 1. The Kier molecular flexibility index (Phi) is 3.87. The van der Waals surface area contributed by atoms with Gasteiger partial charge >= 0.3 is 0 Å². The summed E-state index contributed by atoms with van der Waals surface area (Å²) in [5, 5.41) is 15.9. The van der Waals surface area contributed by atoms with Gasteiger partial charge < -0.3 is 10.4 Å². The quantitative estimate of drug-likeness (QED) is 0.901. The van der Waals surface area contributed by atoms with Gasteiger partial charge in [0.1, 0.15) is 4.60 Å². The number of hydrogen-bond acceptors (Lipinski definition) is 4. The lowest BCUT2D eigenvalue weighted by Crippen LogP contribution is -2.45. The lowest BCUT2D eigenvalue weighted by Gasteiger charge is -2.38. The lowest BCUT2D eigenvalue weighted by atomic mass is 9.78. The third-order valence-electron chi connectivity index (χ3n) is 3.38. The predicted molar refractivity (Wildman–Crippen MR) is 70.9 cm³/mol. The fourth-order valence-electron chi connectivity index (χ4n) is 2.18. The van der Waals surface area contributed by atoms with E-state index >= 15 is 0 Å². The molecule has 0 radical (unpaired) electrons. The van der Waals surface area contributed by atoms with Crippen molar-refractivity contribution in [3.8, 4) is 0 Å². The van der Waals surface area contributed by atoms with E-state index in [-0.39, 0.29) is 12.1 Å². The van der Waals surface area contributed by atoms with E-state index in [1.807, 2.05) is 5.38 Å². The van der Waals surface area contributed by atoms with Crippen LogP contribution >= 0.6 is 27.3 Å². The highest BCUT2D eigenvalue weighted by Crippen LogP contribution is 2.35. The zero-order valence-corrected chi connectivity index (χ0v) is 11.8. The van der Waals surface area contributed by atoms with Gasteiger partial charge in [-0.05, 0) is 47.5 Å². The molecule has 1 aromatic heterocycles. The minimum absolute atomic E-state index is 0.149. The Labute approximate surface area is 108 Å². The molecule has 90 valence electrons. The average molecular weight is 305 g/mol. The summed E-state index contributed by atoms with van der Waals surface area (Å²) < 4.78 is 0.859. The highest BCUT2D eigenvalue weighted by atomic mass is 79.9. The standard InChI is InChI=1S/C11H17BrN2OS/c1-8-2-4-11(7-15,5-3-8)14-10-13-9(12)6-16-10/h6,8,15H,2-5,7H2,1H3,(H,13,14). The van der Waals surface area contributed by atoms with E-state index in [4.69, 9.17) is 0 Å². The van der Waals surface area contributed by atoms with Gasteiger partial charge in [0.15, 0.2) is 5.13 Å². The summed E-state index contributed by atoms with van der Waals surface area (Å²) in [5.74, 6) is 0.782. The fraction of sp³-hybridized carbons (Fsp3) is 0.727. The molecule has 0 atom stereocenters. The maximum Gasteiger partial charge on any atom is 0.184 e. The number of thiazole rings is 1. The van der Waals surface area contributed by atoms with Gasteiger partial charge in [0.05, 0.1) is 12.1 Å². The van der Waals surface area contributed by atoms with Crippen LogP contribution in [-0.4, -0.2) is 22.2 Å². The van der Waals surface area contributed by atoms with Crippen molar-refractivity contribution in [3.05, 3.63) is 9.98 Å². The number of aromatic nitrogens is 1. The first-order chi connectivity index (χ1) is 7.63. The fourth-order valence-corrected chi connectivity index (χ4v) is 3.44. The Bertz CT molecular complexity index is 348. The molecule has 1 aromatic rings. The number of anilines is 1. The third-order valence-corrected chi connectivity index (χ3v) is 4.85. The Balaban J connectivity index is 2.04. The number of aliphatic hydroxyl groups is 1. The van der Waals surface area contributed by atoms with E-state index in [9.17, 15) is 5.11 Å². The van der Waals surface area contributed by atoms with Gasteiger partial charge in [-0.25, -0.2) is 4.98 Å². The minimum Gasteiger partial charge on any atom is -0.394 e. The molecule has 5 heteroatoms. The van der Waals surface area contributed by atoms with E-state index in [0.717, 1.165) is 28.5 Å². The van der Waals surface area contributed by atoms with Crippen LogP contribution in [0, 0.1) is 5.92 Å². The molecule has 0 aromatic carbocycles. The van der Waals surface area contributed by atoms with Crippen molar-refractivity contribution in [3.63, 3.8) is 0 Å². The van der Waals surface area contributed by atoms with Crippen molar-refractivity contribution >= 4 is 32.4 Å². The molecule has 2 N–H and O–H groups in total. The molecule has 1 heterocycles. The molecule has 0 amide bonds. The predicted octanol–water partition coefficient (Wildman–Crippen LogP) is 3.26. The second kappa shape index (κ2) is 5.02. The second-order valence-electron chi connectivity index (χ2n) is 4.72. The maximum atomic E-state index is 9.60. The molecule has 16 heavy (non-hydrogen) atoms. The van der Waals surface area contributed by atoms with Gasteiger partial charge in [-0.2, -0.15) is 0 Å². The van der Waals surface area contributed by atoms with Crippen LogP contribution in [0.1, 0.15) is 32.6 Å². The van der Waals surface area contributed by atoms with E-state index in [2.05, 4.69) is 33.2 Å². The van der Waals surface area contributed by atoms with Crippen LogP contribution in [0.2, 0.25) is 0 Å². The van der Waals surface area contributed by atoms with Gasteiger partial charge in [0.2, 0.25) is 0 Å². The Hall–Kier alpha value is -0.130. The third kappa shape index (κ3) is 2.76. The molecule has 1 saturated carbocycles. The van der Waals surface area contributed by atoms with Gasteiger partial charge in [-0.1, -0.05) is 6.92 Å². The molecule has 1 aliphatic rings. The summed E-state index contributed by atoms with van der Waals surface area (Å²) in [5.41, 5.74) is -0.149. The highest BCUT2D eigenvalue weighted by Gasteiger charge is 2.34. The Morgan fingerprint density at radius 1 is 1.62 bits per heavy atom. The summed E-state index contributed by atoms with van der Waals surface area (Å²) in [6.45, 7) is 2.47. The topological polar surface area (TPSA) is 45.1 Å². The maximum absolute atomic E-state index is 9.60. The first-order valence-electron chi connectivity index (χ1n) is 5.64. The second-order valence-corrected chi connectivity index (χ2v) is 6.39. The van der Waals surface area contributed by atoms with Crippen LogP contribution in [0.4, 0.5) is 5.13 Å². The molecule has 0 saturated heterocycles. The highest BCUT2D eigenvalue weighted by molar-refractivity contribution is 9.10. The number of nitrogens with zero attached hydrogens (tertiary/aromatic N) is 1.